The van der Waals surface area contributed by atoms with Crippen molar-refractivity contribution in [2.45, 2.75) is 13.5 Å². The molecule has 0 saturated carbocycles. The number of aromatic nitrogens is 2. The van der Waals surface area contributed by atoms with Crippen molar-refractivity contribution < 1.29 is 13.9 Å². The van der Waals surface area contributed by atoms with Gasteiger partial charge in [0.2, 0.25) is 0 Å². The molecule has 0 aliphatic heterocycles. The highest BCUT2D eigenvalue weighted by Gasteiger charge is 2.17. The first-order valence-corrected chi connectivity index (χ1v) is 7.79. The van der Waals surface area contributed by atoms with Gasteiger partial charge in [0.1, 0.15) is 11.5 Å². The van der Waals surface area contributed by atoms with Gasteiger partial charge in [-0.05, 0) is 36.8 Å². The first-order valence-electron chi connectivity index (χ1n) is 7.79. The highest BCUT2D eigenvalue weighted by Crippen LogP contribution is 2.19. The number of carbonyl (C=O) groups excluding carboxylic acids is 1. The molecular weight excluding hydrogens is 321 g/mol. The maximum atomic E-state index is 14.0. The average molecular weight is 339 g/mol. The molecule has 1 heterocycles. The number of anilines is 1. The molecule has 0 atom stereocenters. The van der Waals surface area contributed by atoms with E-state index in [1.807, 2.05) is 18.2 Å². The molecule has 3 aromatic rings. The standard InChI is InChI=1S/C19H18FN3O2/c1-13-16(11-21-23(13)18-9-4-3-8-17(18)20)19(24)22-15-7-5-6-14(10-15)12-25-2/h3-11H,12H2,1-2H3,(H,22,24). The molecule has 25 heavy (non-hydrogen) atoms. The second-order valence-corrected chi connectivity index (χ2v) is 5.59. The van der Waals surface area contributed by atoms with Crippen molar-refractivity contribution in [1.29, 1.82) is 0 Å². The second kappa shape index (κ2) is 7.27. The Kier molecular flexibility index (Phi) is 4.90. The Morgan fingerprint density at radius 2 is 2.04 bits per heavy atom. The van der Waals surface area contributed by atoms with Crippen molar-refractivity contribution >= 4 is 11.6 Å². The van der Waals surface area contributed by atoms with E-state index in [0.717, 1.165) is 5.56 Å². The number of ether oxygens (including phenoxy) is 1. The van der Waals surface area contributed by atoms with Gasteiger partial charge in [0, 0.05) is 12.8 Å². The minimum absolute atomic E-state index is 0.297. The van der Waals surface area contributed by atoms with Gasteiger partial charge in [-0.25, -0.2) is 9.07 Å². The van der Waals surface area contributed by atoms with Gasteiger partial charge in [-0.15, -0.1) is 0 Å². The van der Waals surface area contributed by atoms with Gasteiger partial charge in [-0.1, -0.05) is 24.3 Å². The van der Waals surface area contributed by atoms with E-state index in [0.29, 0.717) is 29.2 Å². The number of para-hydroxylation sites is 1. The molecule has 0 saturated heterocycles. The summed E-state index contributed by atoms with van der Waals surface area (Å²) in [7, 11) is 1.62. The number of methoxy groups -OCH3 is 1. The van der Waals surface area contributed by atoms with E-state index >= 15 is 0 Å². The van der Waals surface area contributed by atoms with Gasteiger partial charge in [0.25, 0.3) is 5.91 Å². The molecule has 0 aliphatic carbocycles. The van der Waals surface area contributed by atoms with Crippen LogP contribution in [-0.4, -0.2) is 22.8 Å². The molecule has 3 rings (SSSR count). The van der Waals surface area contributed by atoms with Crippen LogP contribution in [0.25, 0.3) is 5.69 Å². The van der Waals surface area contributed by atoms with Crippen LogP contribution in [0.5, 0.6) is 0 Å². The van der Waals surface area contributed by atoms with E-state index in [4.69, 9.17) is 4.74 Å². The lowest BCUT2D eigenvalue weighted by Crippen LogP contribution is -2.13. The number of hydrogen-bond donors (Lipinski definition) is 1. The number of halogens is 1. The number of nitrogens with one attached hydrogen (secondary N) is 1. The Labute approximate surface area is 145 Å². The van der Waals surface area contributed by atoms with E-state index in [9.17, 15) is 9.18 Å². The molecule has 0 aliphatic rings. The molecule has 1 amide bonds. The van der Waals surface area contributed by atoms with Crippen LogP contribution < -0.4 is 5.32 Å². The first kappa shape index (κ1) is 16.9. The van der Waals surface area contributed by atoms with Gasteiger partial charge < -0.3 is 10.1 Å². The van der Waals surface area contributed by atoms with Crippen LogP contribution in [0.15, 0.2) is 54.7 Å². The Bertz CT molecular complexity index is 905. The van der Waals surface area contributed by atoms with Crippen molar-refractivity contribution in [2.24, 2.45) is 0 Å². The Morgan fingerprint density at radius 1 is 1.24 bits per heavy atom. The number of benzene rings is 2. The summed E-state index contributed by atoms with van der Waals surface area (Å²) in [5.41, 5.74) is 2.88. The average Bonchev–Trinajstić information content (AvgIpc) is 2.97. The zero-order valence-corrected chi connectivity index (χ0v) is 14.0. The number of rotatable bonds is 5. The highest BCUT2D eigenvalue weighted by molar-refractivity contribution is 6.05. The predicted octanol–water partition coefficient (Wildman–Crippen LogP) is 3.72. The number of amides is 1. The lowest BCUT2D eigenvalue weighted by molar-refractivity contribution is 0.102. The van der Waals surface area contributed by atoms with E-state index < -0.39 is 5.82 Å². The normalized spacial score (nSPS) is 10.7. The van der Waals surface area contributed by atoms with Gasteiger partial charge in [-0.3, -0.25) is 4.79 Å². The van der Waals surface area contributed by atoms with Crippen LogP contribution >= 0.6 is 0 Å². The number of carbonyl (C=O) groups is 1. The van der Waals surface area contributed by atoms with Gasteiger partial charge in [0.05, 0.1) is 24.1 Å². The lowest BCUT2D eigenvalue weighted by Gasteiger charge is -2.08. The maximum Gasteiger partial charge on any atom is 0.259 e. The fourth-order valence-corrected chi connectivity index (χ4v) is 2.60. The van der Waals surface area contributed by atoms with Crippen molar-refractivity contribution in [3.05, 3.63) is 77.4 Å². The molecule has 2 aromatic carbocycles. The maximum absolute atomic E-state index is 14.0. The quantitative estimate of drug-likeness (QED) is 0.771. The van der Waals surface area contributed by atoms with Crippen LogP contribution in [0.2, 0.25) is 0 Å². The number of hydrogen-bond acceptors (Lipinski definition) is 3. The number of nitrogens with zero attached hydrogens (tertiary/aromatic N) is 2. The molecule has 0 fully saturated rings. The van der Waals surface area contributed by atoms with E-state index in [-0.39, 0.29) is 5.91 Å². The second-order valence-electron chi connectivity index (χ2n) is 5.59. The minimum atomic E-state index is -0.395. The molecule has 5 nitrogen and oxygen atoms in total. The SMILES string of the molecule is COCc1cccc(NC(=O)c2cnn(-c3ccccc3F)c2C)c1. The molecule has 0 unspecified atom stereocenters. The first-order chi connectivity index (χ1) is 12.1. The van der Waals surface area contributed by atoms with Crippen molar-refractivity contribution in [1.82, 2.24) is 9.78 Å². The van der Waals surface area contributed by atoms with Crippen LogP contribution in [0.4, 0.5) is 10.1 Å². The molecule has 1 aromatic heterocycles. The molecule has 0 bridgehead atoms. The molecule has 128 valence electrons. The largest absolute Gasteiger partial charge is 0.380 e. The summed E-state index contributed by atoms with van der Waals surface area (Å²) in [6, 6.07) is 13.7. The van der Waals surface area contributed by atoms with E-state index in [2.05, 4.69) is 10.4 Å². The Morgan fingerprint density at radius 3 is 2.80 bits per heavy atom. The Hall–Kier alpha value is -2.99. The summed E-state index contributed by atoms with van der Waals surface area (Å²) in [6.45, 7) is 2.20. The molecule has 6 heteroatoms. The van der Waals surface area contributed by atoms with Crippen LogP contribution in [0.3, 0.4) is 0 Å². The third-order valence-electron chi connectivity index (χ3n) is 3.83. The molecular formula is C19H18FN3O2. The fraction of sp³-hybridized carbons (Fsp3) is 0.158. The zero-order valence-electron chi connectivity index (χ0n) is 14.0. The third kappa shape index (κ3) is 3.59. The topological polar surface area (TPSA) is 56.1 Å². The van der Waals surface area contributed by atoms with Gasteiger partial charge >= 0.3 is 0 Å². The zero-order chi connectivity index (χ0) is 17.8. The monoisotopic (exact) mass is 339 g/mol. The molecule has 0 radical (unpaired) electrons. The van der Waals surface area contributed by atoms with Gasteiger partial charge in [-0.2, -0.15) is 5.10 Å². The minimum Gasteiger partial charge on any atom is -0.380 e. The van der Waals surface area contributed by atoms with E-state index in [1.54, 1.807) is 38.3 Å². The molecule has 1 N–H and O–H groups in total. The summed E-state index contributed by atoms with van der Waals surface area (Å²) in [5.74, 6) is -0.692. The van der Waals surface area contributed by atoms with Crippen molar-refractivity contribution in [2.75, 3.05) is 12.4 Å². The highest BCUT2D eigenvalue weighted by atomic mass is 19.1. The molecule has 0 spiro atoms. The van der Waals surface area contributed by atoms with Crippen LogP contribution in [0, 0.1) is 12.7 Å². The van der Waals surface area contributed by atoms with Crippen LogP contribution in [0.1, 0.15) is 21.6 Å². The summed E-state index contributed by atoms with van der Waals surface area (Å²) in [5, 5.41) is 6.99. The predicted molar refractivity (Wildman–Crippen MR) is 93.4 cm³/mol. The van der Waals surface area contributed by atoms with E-state index in [1.165, 1.54) is 16.9 Å². The fourth-order valence-electron chi connectivity index (χ4n) is 2.60. The van der Waals surface area contributed by atoms with Crippen LogP contribution in [-0.2, 0) is 11.3 Å². The summed E-state index contributed by atoms with van der Waals surface area (Å²) < 4.78 is 20.5. The summed E-state index contributed by atoms with van der Waals surface area (Å²) in [4.78, 5) is 12.5. The Balaban J connectivity index is 1.84. The smallest absolute Gasteiger partial charge is 0.259 e. The third-order valence-corrected chi connectivity index (χ3v) is 3.83. The van der Waals surface area contributed by atoms with Gasteiger partial charge in [0.15, 0.2) is 0 Å². The lowest BCUT2D eigenvalue weighted by atomic mass is 10.2. The summed E-state index contributed by atoms with van der Waals surface area (Å²) >= 11 is 0. The summed E-state index contributed by atoms with van der Waals surface area (Å²) in [6.07, 6.45) is 1.44. The van der Waals surface area contributed by atoms with Crippen molar-refractivity contribution in [3.8, 4) is 5.69 Å². The van der Waals surface area contributed by atoms with Crippen molar-refractivity contribution in [3.63, 3.8) is 0 Å².